The van der Waals surface area contributed by atoms with Gasteiger partial charge < -0.3 is 5.32 Å². The van der Waals surface area contributed by atoms with Crippen molar-refractivity contribution in [1.29, 1.82) is 0 Å². The summed E-state index contributed by atoms with van der Waals surface area (Å²) in [7, 11) is 0. The van der Waals surface area contributed by atoms with Crippen molar-refractivity contribution in [2.75, 3.05) is 0 Å². The van der Waals surface area contributed by atoms with E-state index in [1.165, 1.54) is 5.56 Å². The first-order valence-corrected chi connectivity index (χ1v) is 6.81. The van der Waals surface area contributed by atoms with Gasteiger partial charge in [-0.2, -0.15) is 0 Å². The van der Waals surface area contributed by atoms with Crippen LogP contribution in [0.3, 0.4) is 0 Å². The standard InChI is InChI=1S/C15H17F2NO/c16-15(17)8-11(9-15)14(19)18-13-7-3-5-10-4-1-2-6-12(10)13/h1-2,4,6,11,13H,3,5,7-9H2,(H,18,19). The monoisotopic (exact) mass is 265 g/mol. The minimum absolute atomic E-state index is 0.00771. The van der Waals surface area contributed by atoms with Crippen molar-refractivity contribution in [1.82, 2.24) is 5.32 Å². The van der Waals surface area contributed by atoms with Crippen LogP contribution in [-0.4, -0.2) is 11.8 Å². The maximum absolute atomic E-state index is 12.8. The van der Waals surface area contributed by atoms with Crippen molar-refractivity contribution in [2.45, 2.75) is 44.1 Å². The van der Waals surface area contributed by atoms with Gasteiger partial charge in [-0.15, -0.1) is 0 Å². The van der Waals surface area contributed by atoms with Crippen molar-refractivity contribution in [3.05, 3.63) is 35.4 Å². The second kappa shape index (κ2) is 4.58. The lowest BCUT2D eigenvalue weighted by molar-refractivity contribution is -0.150. The number of hydrogen-bond acceptors (Lipinski definition) is 1. The summed E-state index contributed by atoms with van der Waals surface area (Å²) < 4.78 is 25.6. The smallest absolute Gasteiger partial charge is 0.249 e. The summed E-state index contributed by atoms with van der Waals surface area (Å²) in [6.45, 7) is 0. The summed E-state index contributed by atoms with van der Waals surface area (Å²) in [6, 6.07) is 8.04. The van der Waals surface area contributed by atoms with Crippen LogP contribution in [-0.2, 0) is 11.2 Å². The van der Waals surface area contributed by atoms with Gasteiger partial charge in [0.25, 0.3) is 0 Å². The molecule has 0 spiro atoms. The van der Waals surface area contributed by atoms with E-state index in [4.69, 9.17) is 0 Å². The lowest BCUT2D eigenvalue weighted by atomic mass is 9.80. The average molecular weight is 265 g/mol. The van der Waals surface area contributed by atoms with Gasteiger partial charge in [-0.3, -0.25) is 4.79 Å². The third-order valence-electron chi connectivity index (χ3n) is 4.15. The number of carbonyl (C=O) groups excluding carboxylic acids is 1. The number of benzene rings is 1. The van der Waals surface area contributed by atoms with Crippen molar-refractivity contribution in [3.8, 4) is 0 Å². The molecule has 2 nitrogen and oxygen atoms in total. The van der Waals surface area contributed by atoms with Crippen LogP contribution in [0, 0.1) is 5.92 Å². The molecule has 4 heteroatoms. The van der Waals surface area contributed by atoms with E-state index in [0.29, 0.717) is 0 Å². The van der Waals surface area contributed by atoms with Gasteiger partial charge in [0.2, 0.25) is 11.8 Å². The van der Waals surface area contributed by atoms with E-state index in [1.54, 1.807) is 0 Å². The predicted molar refractivity (Wildman–Crippen MR) is 67.9 cm³/mol. The molecule has 0 aromatic heterocycles. The highest BCUT2D eigenvalue weighted by Crippen LogP contribution is 2.43. The predicted octanol–water partition coefficient (Wildman–Crippen LogP) is 3.23. The molecule has 1 aromatic carbocycles. The van der Waals surface area contributed by atoms with Crippen molar-refractivity contribution >= 4 is 5.91 Å². The number of fused-ring (bicyclic) bond motifs is 1. The minimum atomic E-state index is -2.63. The highest BCUT2D eigenvalue weighted by atomic mass is 19.3. The molecule has 1 saturated carbocycles. The Morgan fingerprint density at radius 3 is 2.74 bits per heavy atom. The van der Waals surface area contributed by atoms with Gasteiger partial charge in [0.15, 0.2) is 0 Å². The van der Waals surface area contributed by atoms with E-state index in [-0.39, 0.29) is 24.8 Å². The summed E-state index contributed by atoms with van der Waals surface area (Å²) in [5, 5.41) is 2.94. The van der Waals surface area contributed by atoms with E-state index in [2.05, 4.69) is 11.4 Å². The fourth-order valence-corrected chi connectivity index (χ4v) is 3.04. The number of halogens is 2. The van der Waals surface area contributed by atoms with Gasteiger partial charge >= 0.3 is 0 Å². The fraction of sp³-hybridized carbons (Fsp3) is 0.533. The molecule has 19 heavy (non-hydrogen) atoms. The van der Waals surface area contributed by atoms with E-state index >= 15 is 0 Å². The van der Waals surface area contributed by atoms with Gasteiger partial charge in [-0.1, -0.05) is 24.3 Å². The Bertz CT molecular complexity index is 493. The number of alkyl halides is 2. The Balaban J connectivity index is 1.67. The molecule has 1 amide bonds. The molecule has 0 aliphatic heterocycles. The number of amides is 1. The van der Waals surface area contributed by atoms with Crippen molar-refractivity contribution in [3.63, 3.8) is 0 Å². The van der Waals surface area contributed by atoms with E-state index in [0.717, 1.165) is 24.8 Å². The Morgan fingerprint density at radius 2 is 2.00 bits per heavy atom. The second-order valence-electron chi connectivity index (χ2n) is 5.61. The van der Waals surface area contributed by atoms with Gasteiger partial charge in [0.1, 0.15) is 0 Å². The Kier molecular flexibility index (Phi) is 3.03. The molecule has 1 fully saturated rings. The van der Waals surface area contributed by atoms with Crippen LogP contribution in [0.2, 0.25) is 0 Å². The first kappa shape index (κ1) is 12.6. The van der Waals surface area contributed by atoms with Gasteiger partial charge in [-0.05, 0) is 30.4 Å². The maximum Gasteiger partial charge on any atom is 0.249 e. The third-order valence-corrected chi connectivity index (χ3v) is 4.15. The maximum atomic E-state index is 12.8. The fourth-order valence-electron chi connectivity index (χ4n) is 3.04. The zero-order chi connectivity index (χ0) is 13.5. The molecule has 102 valence electrons. The molecular weight excluding hydrogens is 248 g/mol. The van der Waals surface area contributed by atoms with Crippen LogP contribution in [0.5, 0.6) is 0 Å². The van der Waals surface area contributed by atoms with Crippen LogP contribution in [0.25, 0.3) is 0 Å². The van der Waals surface area contributed by atoms with Crippen molar-refractivity contribution in [2.24, 2.45) is 5.92 Å². The highest BCUT2D eigenvalue weighted by Gasteiger charge is 2.49. The number of hydrogen-bond donors (Lipinski definition) is 1. The summed E-state index contributed by atoms with van der Waals surface area (Å²) in [6.07, 6.45) is 2.36. The average Bonchev–Trinajstić information content (AvgIpc) is 2.36. The number of aryl methyl sites for hydroxylation is 1. The summed E-state index contributed by atoms with van der Waals surface area (Å²) in [5.74, 6) is -3.36. The second-order valence-corrected chi connectivity index (χ2v) is 5.61. The summed E-state index contributed by atoms with van der Waals surface area (Å²) in [5.41, 5.74) is 2.41. The van der Waals surface area contributed by atoms with Gasteiger partial charge in [0.05, 0.1) is 6.04 Å². The first-order valence-electron chi connectivity index (χ1n) is 6.81. The lowest BCUT2D eigenvalue weighted by Gasteiger charge is -2.35. The Hall–Kier alpha value is -1.45. The molecule has 1 aromatic rings. The lowest BCUT2D eigenvalue weighted by Crippen LogP contribution is -2.46. The third kappa shape index (κ3) is 2.48. The molecule has 3 rings (SSSR count). The molecule has 0 bridgehead atoms. The van der Waals surface area contributed by atoms with Crippen LogP contribution in [0.15, 0.2) is 24.3 Å². The minimum Gasteiger partial charge on any atom is -0.349 e. The van der Waals surface area contributed by atoms with Crippen LogP contribution in [0.4, 0.5) is 8.78 Å². The van der Waals surface area contributed by atoms with Crippen LogP contribution >= 0.6 is 0 Å². The van der Waals surface area contributed by atoms with E-state index in [1.807, 2.05) is 18.2 Å². The van der Waals surface area contributed by atoms with Gasteiger partial charge in [-0.25, -0.2) is 8.78 Å². The van der Waals surface area contributed by atoms with Gasteiger partial charge in [0, 0.05) is 18.8 Å². The molecule has 2 aliphatic rings. The quantitative estimate of drug-likeness (QED) is 0.874. The number of nitrogens with one attached hydrogen (secondary N) is 1. The number of rotatable bonds is 2. The Labute approximate surface area is 111 Å². The molecule has 0 heterocycles. The van der Waals surface area contributed by atoms with Crippen LogP contribution in [0.1, 0.15) is 42.9 Å². The van der Waals surface area contributed by atoms with Crippen molar-refractivity contribution < 1.29 is 13.6 Å². The highest BCUT2D eigenvalue weighted by molar-refractivity contribution is 5.80. The summed E-state index contributed by atoms with van der Waals surface area (Å²) >= 11 is 0. The summed E-state index contributed by atoms with van der Waals surface area (Å²) in [4.78, 5) is 11.9. The molecule has 1 N–H and O–H groups in total. The number of carbonyl (C=O) groups is 1. The molecule has 1 unspecified atom stereocenters. The molecule has 2 aliphatic carbocycles. The molecule has 1 atom stereocenters. The SMILES string of the molecule is O=C(NC1CCCc2ccccc21)C1CC(F)(F)C1. The topological polar surface area (TPSA) is 29.1 Å². The Morgan fingerprint density at radius 1 is 1.26 bits per heavy atom. The van der Waals surface area contributed by atoms with E-state index < -0.39 is 11.8 Å². The molecular formula is C15H17F2NO. The van der Waals surface area contributed by atoms with E-state index in [9.17, 15) is 13.6 Å². The zero-order valence-electron chi connectivity index (χ0n) is 10.7. The first-order chi connectivity index (χ1) is 9.05. The van der Waals surface area contributed by atoms with Crippen LogP contribution < -0.4 is 5.32 Å². The molecule has 0 saturated heterocycles. The molecule has 0 radical (unpaired) electrons. The largest absolute Gasteiger partial charge is 0.349 e. The normalized spacial score (nSPS) is 25.3. The zero-order valence-corrected chi connectivity index (χ0v) is 10.7.